The molecule has 0 saturated carbocycles. The van der Waals surface area contributed by atoms with E-state index in [1.54, 1.807) is 24.3 Å². The lowest BCUT2D eigenvalue weighted by atomic mass is 10.1. The van der Waals surface area contributed by atoms with Crippen LogP contribution in [0.25, 0.3) is 10.9 Å². The predicted octanol–water partition coefficient (Wildman–Crippen LogP) is 6.44. The summed E-state index contributed by atoms with van der Waals surface area (Å²) in [6.45, 7) is 4.11. The molecule has 1 aromatic heterocycles. The Balaban J connectivity index is 1.67. The van der Waals surface area contributed by atoms with Gasteiger partial charge < -0.3 is 20.1 Å². The third-order valence-electron chi connectivity index (χ3n) is 5.14. The summed E-state index contributed by atoms with van der Waals surface area (Å²) in [7, 11) is 0. The predicted molar refractivity (Wildman–Crippen MR) is 137 cm³/mol. The number of aromatic nitrogens is 1. The molecule has 0 spiro atoms. The molecule has 8 heteroatoms. The normalized spacial score (nSPS) is 10.5. The molecule has 3 aromatic carbocycles. The van der Waals surface area contributed by atoms with Crippen molar-refractivity contribution in [2.45, 2.75) is 20.5 Å². The molecule has 0 unspecified atom stereocenters. The number of pyridine rings is 1. The number of hydrogen-bond acceptors (Lipinski definition) is 6. The van der Waals surface area contributed by atoms with Gasteiger partial charge in [0.15, 0.2) is 0 Å². The highest BCUT2D eigenvalue weighted by molar-refractivity contribution is 6.32. The van der Waals surface area contributed by atoms with Crippen molar-refractivity contribution in [3.63, 3.8) is 0 Å². The Morgan fingerprint density at radius 1 is 1.09 bits per heavy atom. The van der Waals surface area contributed by atoms with Crippen molar-refractivity contribution in [3.05, 3.63) is 83.0 Å². The molecule has 4 aromatic rings. The number of fused-ring (bicyclic) bond motifs is 1. The number of hydrogen-bond donors (Lipinski definition) is 2. The largest absolute Gasteiger partial charge is 0.492 e. The van der Waals surface area contributed by atoms with E-state index in [9.17, 15) is 10.1 Å². The lowest BCUT2D eigenvalue weighted by molar-refractivity contribution is -0.114. The van der Waals surface area contributed by atoms with Crippen LogP contribution < -0.4 is 20.1 Å². The summed E-state index contributed by atoms with van der Waals surface area (Å²) in [5.41, 5.74) is 3.69. The van der Waals surface area contributed by atoms with E-state index < -0.39 is 0 Å². The van der Waals surface area contributed by atoms with Gasteiger partial charge in [0.1, 0.15) is 24.2 Å². The van der Waals surface area contributed by atoms with E-state index in [1.165, 1.54) is 13.1 Å². The number of carbonyl (C=O) groups excluding carboxylic acids is 1. The number of ether oxygens (including phenoxy) is 2. The third kappa shape index (κ3) is 5.62. The number of amides is 1. The van der Waals surface area contributed by atoms with Crippen LogP contribution in [0.2, 0.25) is 5.02 Å². The van der Waals surface area contributed by atoms with Gasteiger partial charge in [0.05, 0.1) is 34.1 Å². The molecule has 0 aliphatic rings. The average Bonchev–Trinajstić information content (AvgIpc) is 2.85. The first-order valence-electron chi connectivity index (χ1n) is 11.0. The summed E-state index contributed by atoms with van der Waals surface area (Å²) in [6.07, 6.45) is 1.50. The molecule has 4 rings (SSSR count). The maximum atomic E-state index is 11.7. The molecule has 0 radical (unpaired) electrons. The minimum Gasteiger partial charge on any atom is -0.492 e. The van der Waals surface area contributed by atoms with Gasteiger partial charge in [-0.2, -0.15) is 5.26 Å². The molecule has 1 amide bonds. The Morgan fingerprint density at radius 3 is 2.57 bits per heavy atom. The summed E-state index contributed by atoms with van der Waals surface area (Å²) < 4.78 is 11.5. The van der Waals surface area contributed by atoms with Gasteiger partial charge in [-0.25, -0.2) is 0 Å². The Morgan fingerprint density at radius 2 is 1.89 bits per heavy atom. The number of nitrogens with zero attached hydrogens (tertiary/aromatic N) is 2. The zero-order valence-corrected chi connectivity index (χ0v) is 20.0. The van der Waals surface area contributed by atoms with Crippen LogP contribution in [0.15, 0.2) is 66.9 Å². The van der Waals surface area contributed by atoms with Crippen LogP contribution in [0.4, 0.5) is 17.1 Å². The summed E-state index contributed by atoms with van der Waals surface area (Å²) in [5.74, 6) is 0.818. The van der Waals surface area contributed by atoms with E-state index in [2.05, 4.69) is 21.7 Å². The Hall–Kier alpha value is -4.28. The van der Waals surface area contributed by atoms with Crippen molar-refractivity contribution in [2.75, 3.05) is 17.2 Å². The highest BCUT2D eigenvalue weighted by Gasteiger charge is 2.15. The fourth-order valence-corrected chi connectivity index (χ4v) is 3.81. The van der Waals surface area contributed by atoms with Crippen LogP contribution in [-0.4, -0.2) is 17.5 Å². The summed E-state index contributed by atoms with van der Waals surface area (Å²) >= 11 is 6.49. The first-order chi connectivity index (χ1) is 17.0. The number of benzene rings is 3. The van der Waals surface area contributed by atoms with Crippen LogP contribution in [0.5, 0.6) is 11.5 Å². The van der Waals surface area contributed by atoms with Gasteiger partial charge in [-0.15, -0.1) is 0 Å². The first-order valence-corrected chi connectivity index (χ1v) is 11.4. The van der Waals surface area contributed by atoms with Crippen LogP contribution >= 0.6 is 11.6 Å². The molecule has 0 fully saturated rings. The van der Waals surface area contributed by atoms with E-state index in [0.717, 1.165) is 5.56 Å². The monoisotopic (exact) mass is 486 g/mol. The van der Waals surface area contributed by atoms with Crippen LogP contribution in [0.1, 0.15) is 25.0 Å². The van der Waals surface area contributed by atoms with E-state index in [1.807, 2.05) is 43.3 Å². The van der Waals surface area contributed by atoms with Crippen molar-refractivity contribution >= 4 is 45.5 Å². The van der Waals surface area contributed by atoms with Gasteiger partial charge in [-0.05, 0) is 36.8 Å². The highest BCUT2D eigenvalue weighted by Crippen LogP contribution is 2.37. The molecular formula is C27H23ClN4O3. The number of nitriles is 1. The van der Waals surface area contributed by atoms with Crippen LogP contribution in [0.3, 0.4) is 0 Å². The molecule has 0 bridgehead atoms. The van der Waals surface area contributed by atoms with Gasteiger partial charge in [-0.3, -0.25) is 9.78 Å². The van der Waals surface area contributed by atoms with Gasteiger partial charge in [0.2, 0.25) is 5.91 Å². The summed E-state index contributed by atoms with van der Waals surface area (Å²) in [6, 6.07) is 20.8. The minimum atomic E-state index is -0.234. The second kappa shape index (κ2) is 10.8. The van der Waals surface area contributed by atoms with Gasteiger partial charge in [0, 0.05) is 30.3 Å². The SMILES string of the molecule is CCOc1cc2ncc(C#N)c(Nc3ccc(OCc4ccccc4)c(Cl)c3)c2cc1NC(C)=O. The minimum absolute atomic E-state index is 0.234. The van der Waals surface area contributed by atoms with Gasteiger partial charge >= 0.3 is 0 Å². The van der Waals surface area contributed by atoms with E-state index in [-0.39, 0.29) is 5.91 Å². The lowest BCUT2D eigenvalue weighted by Crippen LogP contribution is -2.08. The second-order valence-corrected chi connectivity index (χ2v) is 8.09. The first kappa shape index (κ1) is 23.9. The van der Waals surface area contributed by atoms with Gasteiger partial charge in [0.25, 0.3) is 0 Å². The summed E-state index contributed by atoms with van der Waals surface area (Å²) in [5, 5.41) is 16.9. The van der Waals surface area contributed by atoms with Crippen molar-refractivity contribution in [3.8, 4) is 17.6 Å². The van der Waals surface area contributed by atoms with E-state index in [0.29, 0.717) is 63.3 Å². The Labute approximate surface area is 208 Å². The number of carbonyl (C=O) groups is 1. The highest BCUT2D eigenvalue weighted by atomic mass is 35.5. The molecular weight excluding hydrogens is 464 g/mol. The molecule has 0 aliphatic heterocycles. The van der Waals surface area contributed by atoms with Crippen molar-refractivity contribution in [2.24, 2.45) is 0 Å². The Kier molecular flexibility index (Phi) is 7.34. The fourth-order valence-electron chi connectivity index (χ4n) is 3.58. The van der Waals surface area contributed by atoms with Crippen molar-refractivity contribution in [1.82, 2.24) is 4.98 Å². The van der Waals surface area contributed by atoms with Crippen molar-refractivity contribution in [1.29, 1.82) is 5.26 Å². The molecule has 2 N–H and O–H groups in total. The number of nitrogens with one attached hydrogen (secondary N) is 2. The number of rotatable bonds is 8. The topological polar surface area (TPSA) is 96.3 Å². The molecule has 1 heterocycles. The van der Waals surface area contributed by atoms with Crippen LogP contribution in [-0.2, 0) is 11.4 Å². The molecule has 0 aliphatic carbocycles. The quantitative estimate of drug-likeness (QED) is 0.297. The van der Waals surface area contributed by atoms with E-state index >= 15 is 0 Å². The maximum absolute atomic E-state index is 11.7. The third-order valence-corrected chi connectivity index (χ3v) is 5.43. The molecule has 176 valence electrons. The van der Waals surface area contributed by atoms with Gasteiger partial charge in [-0.1, -0.05) is 41.9 Å². The Bertz CT molecular complexity index is 1420. The molecule has 0 atom stereocenters. The lowest BCUT2D eigenvalue weighted by Gasteiger charge is -2.16. The standard InChI is InChI=1S/C27H23ClN4O3/c1-3-34-26-13-23-21(12-24(26)31-17(2)33)27(19(14-29)15-30-23)32-20-9-10-25(22(28)11-20)35-16-18-7-5-4-6-8-18/h4-13,15H,3,16H2,1-2H3,(H,30,32)(H,31,33). The molecule has 35 heavy (non-hydrogen) atoms. The summed E-state index contributed by atoms with van der Waals surface area (Å²) in [4.78, 5) is 16.1. The van der Waals surface area contributed by atoms with E-state index in [4.69, 9.17) is 21.1 Å². The molecule has 7 nitrogen and oxygen atoms in total. The van der Waals surface area contributed by atoms with Crippen LogP contribution in [0, 0.1) is 11.3 Å². The fraction of sp³-hybridized carbons (Fsp3) is 0.148. The number of halogens is 1. The van der Waals surface area contributed by atoms with Crippen molar-refractivity contribution < 1.29 is 14.3 Å². The maximum Gasteiger partial charge on any atom is 0.221 e. The average molecular weight is 487 g/mol. The smallest absolute Gasteiger partial charge is 0.221 e. The zero-order chi connectivity index (χ0) is 24.8. The number of anilines is 3. The zero-order valence-electron chi connectivity index (χ0n) is 19.3. The molecule has 0 saturated heterocycles. The second-order valence-electron chi connectivity index (χ2n) is 7.68.